The van der Waals surface area contributed by atoms with Gasteiger partial charge < -0.3 is 14.2 Å². The second-order valence-electron chi connectivity index (χ2n) is 2.95. The highest BCUT2D eigenvalue weighted by molar-refractivity contribution is 6.04. The Morgan fingerprint density at radius 3 is 1.80 bits per heavy atom. The van der Waals surface area contributed by atoms with Crippen molar-refractivity contribution < 1.29 is 23.8 Å². The van der Waals surface area contributed by atoms with Crippen LogP contribution in [0.3, 0.4) is 0 Å². The molecule has 5 heteroatoms. The van der Waals surface area contributed by atoms with Crippen LogP contribution in [-0.2, 0) is 23.8 Å². The minimum atomic E-state index is -1.77. The van der Waals surface area contributed by atoms with E-state index in [1.165, 1.54) is 27.4 Å². The van der Waals surface area contributed by atoms with Gasteiger partial charge in [-0.25, -0.2) is 9.59 Å². The largest absolute Gasteiger partial charge is 0.466 e. The molecular weight excluding hydrogens is 200 g/mol. The number of hydrogen-bond acceptors (Lipinski definition) is 5. The van der Waals surface area contributed by atoms with Crippen molar-refractivity contribution in [3.05, 3.63) is 12.7 Å². The molecular formula is C10H16O5. The first-order valence-electron chi connectivity index (χ1n) is 4.35. The summed E-state index contributed by atoms with van der Waals surface area (Å²) in [7, 11) is 3.59. The Labute approximate surface area is 89.0 Å². The van der Waals surface area contributed by atoms with Crippen LogP contribution in [0.4, 0.5) is 0 Å². The fourth-order valence-electron chi connectivity index (χ4n) is 1.28. The first-order valence-corrected chi connectivity index (χ1v) is 4.35. The van der Waals surface area contributed by atoms with E-state index in [1.54, 1.807) is 6.92 Å². The van der Waals surface area contributed by atoms with Crippen molar-refractivity contribution in [2.24, 2.45) is 5.92 Å². The van der Waals surface area contributed by atoms with Gasteiger partial charge in [-0.3, -0.25) is 0 Å². The van der Waals surface area contributed by atoms with Gasteiger partial charge >= 0.3 is 11.9 Å². The van der Waals surface area contributed by atoms with Gasteiger partial charge in [0.2, 0.25) is 0 Å². The average Bonchev–Trinajstić information content (AvgIpc) is 2.29. The Balaban J connectivity index is 5.38. The highest BCUT2D eigenvalue weighted by Crippen LogP contribution is 2.25. The maximum atomic E-state index is 11.6. The van der Waals surface area contributed by atoms with E-state index in [0.29, 0.717) is 0 Å². The Bertz CT molecular complexity index is 243. The quantitative estimate of drug-likeness (QED) is 0.381. The van der Waals surface area contributed by atoms with E-state index in [-0.39, 0.29) is 0 Å². The SMILES string of the molecule is C=CC(C)C(OC)(C(=O)OC)C(=O)OC. The van der Waals surface area contributed by atoms with Crippen LogP contribution in [0, 0.1) is 5.92 Å². The number of hydrogen-bond donors (Lipinski definition) is 0. The maximum absolute atomic E-state index is 11.6. The molecule has 0 saturated carbocycles. The topological polar surface area (TPSA) is 61.8 Å². The zero-order chi connectivity index (χ0) is 12.1. The number of methoxy groups -OCH3 is 3. The molecule has 0 saturated heterocycles. The molecule has 0 aliphatic rings. The molecule has 0 aromatic carbocycles. The molecule has 0 bridgehead atoms. The molecule has 86 valence electrons. The smallest absolute Gasteiger partial charge is 0.350 e. The van der Waals surface area contributed by atoms with E-state index in [0.717, 1.165) is 0 Å². The lowest BCUT2D eigenvalue weighted by Gasteiger charge is -2.30. The molecule has 0 aromatic heterocycles. The summed E-state index contributed by atoms with van der Waals surface area (Å²) in [6, 6.07) is 0. The van der Waals surface area contributed by atoms with Gasteiger partial charge in [-0.1, -0.05) is 13.0 Å². The number of carbonyl (C=O) groups excluding carboxylic acids is 2. The number of esters is 2. The zero-order valence-corrected chi connectivity index (χ0v) is 9.40. The van der Waals surface area contributed by atoms with Gasteiger partial charge in [-0.05, 0) is 0 Å². The predicted molar refractivity (Wildman–Crippen MR) is 53.1 cm³/mol. The van der Waals surface area contributed by atoms with E-state index >= 15 is 0 Å². The second kappa shape index (κ2) is 5.50. The van der Waals surface area contributed by atoms with Crippen molar-refractivity contribution in [1.82, 2.24) is 0 Å². The molecule has 1 unspecified atom stereocenters. The molecule has 15 heavy (non-hydrogen) atoms. The van der Waals surface area contributed by atoms with E-state index in [4.69, 9.17) is 4.74 Å². The van der Waals surface area contributed by atoms with Gasteiger partial charge in [0.1, 0.15) is 0 Å². The van der Waals surface area contributed by atoms with Crippen LogP contribution in [-0.4, -0.2) is 38.9 Å². The highest BCUT2D eigenvalue weighted by atomic mass is 16.6. The summed E-state index contributed by atoms with van der Waals surface area (Å²) in [6.07, 6.45) is 1.43. The Morgan fingerprint density at radius 1 is 1.20 bits per heavy atom. The third kappa shape index (κ3) is 2.18. The van der Waals surface area contributed by atoms with Gasteiger partial charge in [-0.15, -0.1) is 6.58 Å². The minimum absolute atomic E-state index is 0.553. The van der Waals surface area contributed by atoms with Gasteiger partial charge in [0.15, 0.2) is 0 Å². The normalized spacial score (nSPS) is 12.8. The van der Waals surface area contributed by atoms with Crippen LogP contribution >= 0.6 is 0 Å². The van der Waals surface area contributed by atoms with Crippen molar-refractivity contribution in [2.45, 2.75) is 12.5 Å². The van der Waals surface area contributed by atoms with Gasteiger partial charge in [0, 0.05) is 13.0 Å². The van der Waals surface area contributed by atoms with E-state index in [2.05, 4.69) is 16.1 Å². The molecule has 0 aromatic rings. The molecule has 0 aliphatic heterocycles. The molecule has 0 radical (unpaired) electrons. The predicted octanol–water partition coefficient (Wildman–Crippen LogP) is 0.540. The summed E-state index contributed by atoms with van der Waals surface area (Å²) in [6.45, 7) is 5.13. The third-order valence-corrected chi connectivity index (χ3v) is 2.29. The van der Waals surface area contributed by atoms with Crippen LogP contribution in [0.1, 0.15) is 6.92 Å². The Kier molecular flexibility index (Phi) is 5.00. The molecule has 0 N–H and O–H groups in total. The van der Waals surface area contributed by atoms with Crippen molar-refractivity contribution in [3.63, 3.8) is 0 Å². The lowest BCUT2D eigenvalue weighted by Crippen LogP contribution is -2.54. The number of rotatable bonds is 5. The van der Waals surface area contributed by atoms with Gasteiger partial charge in [-0.2, -0.15) is 0 Å². The van der Waals surface area contributed by atoms with Crippen molar-refractivity contribution in [3.8, 4) is 0 Å². The van der Waals surface area contributed by atoms with E-state index < -0.39 is 23.5 Å². The fraction of sp³-hybridized carbons (Fsp3) is 0.600. The summed E-state index contributed by atoms with van der Waals surface area (Å²) in [5, 5.41) is 0. The van der Waals surface area contributed by atoms with Crippen molar-refractivity contribution >= 4 is 11.9 Å². The standard InChI is InChI=1S/C10H16O5/c1-6-7(2)10(15-5,8(11)13-3)9(12)14-4/h6-7H,1H2,2-5H3. The lowest BCUT2D eigenvalue weighted by atomic mass is 9.88. The van der Waals surface area contributed by atoms with Crippen LogP contribution in [0.25, 0.3) is 0 Å². The van der Waals surface area contributed by atoms with Crippen LogP contribution in [0.15, 0.2) is 12.7 Å². The Morgan fingerprint density at radius 2 is 1.60 bits per heavy atom. The minimum Gasteiger partial charge on any atom is -0.466 e. The molecule has 1 atom stereocenters. The summed E-state index contributed by atoms with van der Waals surface area (Å²) in [5.41, 5.74) is -1.77. The molecule has 0 spiro atoms. The van der Waals surface area contributed by atoms with Crippen molar-refractivity contribution in [2.75, 3.05) is 21.3 Å². The summed E-state index contributed by atoms with van der Waals surface area (Å²) in [5.74, 6) is -2.16. The van der Waals surface area contributed by atoms with E-state index in [9.17, 15) is 9.59 Å². The molecule has 0 rings (SSSR count). The van der Waals surface area contributed by atoms with Crippen LogP contribution in [0.5, 0.6) is 0 Å². The molecule has 5 nitrogen and oxygen atoms in total. The zero-order valence-electron chi connectivity index (χ0n) is 9.40. The summed E-state index contributed by atoms with van der Waals surface area (Å²) < 4.78 is 14.1. The molecule has 0 fully saturated rings. The molecule has 0 amide bonds. The first kappa shape index (κ1) is 13.6. The second-order valence-corrected chi connectivity index (χ2v) is 2.95. The van der Waals surface area contributed by atoms with Gasteiger partial charge in [0.05, 0.1) is 14.2 Å². The van der Waals surface area contributed by atoms with Crippen molar-refractivity contribution in [1.29, 1.82) is 0 Å². The van der Waals surface area contributed by atoms with E-state index in [1.807, 2.05) is 0 Å². The summed E-state index contributed by atoms with van der Waals surface area (Å²) >= 11 is 0. The first-order chi connectivity index (χ1) is 7.00. The van der Waals surface area contributed by atoms with Gasteiger partial charge in [0.25, 0.3) is 5.60 Å². The maximum Gasteiger partial charge on any atom is 0.350 e. The monoisotopic (exact) mass is 216 g/mol. The Hall–Kier alpha value is -1.36. The lowest BCUT2D eigenvalue weighted by molar-refractivity contribution is -0.188. The third-order valence-electron chi connectivity index (χ3n) is 2.29. The molecule has 0 aliphatic carbocycles. The summed E-state index contributed by atoms with van der Waals surface area (Å²) in [4.78, 5) is 23.1. The number of ether oxygens (including phenoxy) is 3. The highest BCUT2D eigenvalue weighted by Gasteiger charge is 2.52. The molecule has 0 heterocycles. The average molecular weight is 216 g/mol. The number of carbonyl (C=O) groups is 2. The fourth-order valence-corrected chi connectivity index (χ4v) is 1.28. The van der Waals surface area contributed by atoms with Crippen LogP contribution in [0.2, 0.25) is 0 Å². The van der Waals surface area contributed by atoms with Crippen LogP contribution < -0.4 is 0 Å².